The highest BCUT2D eigenvalue weighted by molar-refractivity contribution is 5.59. The lowest BCUT2D eigenvalue weighted by Gasteiger charge is -2.07. The number of nitrogens with zero attached hydrogens (tertiary/aromatic N) is 2. The molecule has 0 aliphatic carbocycles. The maximum absolute atomic E-state index is 9.63. The number of benzene rings is 1. The van der Waals surface area contributed by atoms with Crippen LogP contribution in [0.1, 0.15) is 63.9 Å². The largest absolute Gasteiger partial charge is 0.491 e. The van der Waals surface area contributed by atoms with Gasteiger partial charge in [-0.1, -0.05) is 64.0 Å². The van der Waals surface area contributed by atoms with E-state index in [1.54, 1.807) is 6.20 Å². The Hall–Kier alpha value is -2.10. The summed E-state index contributed by atoms with van der Waals surface area (Å²) in [5.41, 5.74) is 2.26. The van der Waals surface area contributed by atoms with Crippen molar-refractivity contribution < 1.29 is 5.11 Å². The number of unbranched alkanes of at least 4 members (excludes halogenated alkanes) is 7. The monoisotopic (exact) mass is 327 g/mol. The van der Waals surface area contributed by atoms with E-state index in [2.05, 4.69) is 34.3 Å². The molecule has 2 rings (SSSR count). The molecule has 130 valence electrons. The van der Waals surface area contributed by atoms with Gasteiger partial charge >= 0.3 is 0 Å². The zero-order valence-corrected chi connectivity index (χ0v) is 14.7. The number of aromatic nitrogens is 2. The first-order valence-electron chi connectivity index (χ1n) is 9.15. The molecular weight excluding hydrogens is 298 g/mol. The van der Waals surface area contributed by atoms with Gasteiger partial charge in [0.25, 0.3) is 5.88 Å². The lowest BCUT2D eigenvalue weighted by atomic mass is 10.0. The predicted molar refractivity (Wildman–Crippen MR) is 99.7 cm³/mol. The van der Waals surface area contributed by atoms with E-state index >= 15 is 0 Å². The number of aromatic hydroxyl groups is 1. The molecule has 0 bridgehead atoms. The summed E-state index contributed by atoms with van der Waals surface area (Å²) < 4.78 is 0. The second-order valence-electron chi connectivity index (χ2n) is 6.28. The number of anilines is 2. The van der Waals surface area contributed by atoms with Crippen molar-refractivity contribution in [3.63, 3.8) is 0 Å². The van der Waals surface area contributed by atoms with E-state index in [4.69, 9.17) is 0 Å². The molecule has 0 atom stereocenters. The Labute approximate surface area is 145 Å². The minimum absolute atomic E-state index is 0.0829. The third-order valence-corrected chi connectivity index (χ3v) is 4.21. The maximum Gasteiger partial charge on any atom is 0.255 e. The Kier molecular flexibility index (Phi) is 8.08. The van der Waals surface area contributed by atoms with E-state index in [0.29, 0.717) is 5.82 Å². The standard InChI is InChI=1S/C20H29N3O/c1-2-3-4-5-6-7-8-9-10-17-11-13-18(14-12-17)23-19-20(24)22-16-15-21-19/h11-16H,2-10H2,1H3,(H,21,23)(H,22,24). The molecule has 0 spiro atoms. The molecule has 1 aromatic carbocycles. The van der Waals surface area contributed by atoms with Crippen molar-refractivity contribution in [1.82, 2.24) is 9.97 Å². The molecule has 0 aliphatic heterocycles. The van der Waals surface area contributed by atoms with Gasteiger partial charge in [0.1, 0.15) is 0 Å². The Morgan fingerprint density at radius 2 is 1.46 bits per heavy atom. The second kappa shape index (κ2) is 10.6. The molecule has 4 heteroatoms. The van der Waals surface area contributed by atoms with Crippen LogP contribution < -0.4 is 5.32 Å². The summed E-state index contributed by atoms with van der Waals surface area (Å²) in [5, 5.41) is 12.7. The molecule has 2 aromatic rings. The number of hydrogen-bond donors (Lipinski definition) is 2. The van der Waals surface area contributed by atoms with Crippen LogP contribution in [0.3, 0.4) is 0 Å². The third-order valence-electron chi connectivity index (χ3n) is 4.21. The fourth-order valence-corrected chi connectivity index (χ4v) is 2.77. The van der Waals surface area contributed by atoms with Crippen LogP contribution in [-0.2, 0) is 6.42 Å². The van der Waals surface area contributed by atoms with Crippen LogP contribution in [0.25, 0.3) is 0 Å². The highest BCUT2D eigenvalue weighted by Gasteiger charge is 2.03. The van der Waals surface area contributed by atoms with Crippen LogP contribution in [0.15, 0.2) is 36.7 Å². The topological polar surface area (TPSA) is 58.0 Å². The van der Waals surface area contributed by atoms with Crippen molar-refractivity contribution in [1.29, 1.82) is 0 Å². The number of hydrogen-bond acceptors (Lipinski definition) is 4. The molecule has 1 heterocycles. The smallest absolute Gasteiger partial charge is 0.255 e. The Balaban J connectivity index is 1.66. The van der Waals surface area contributed by atoms with E-state index in [-0.39, 0.29) is 5.88 Å². The van der Waals surface area contributed by atoms with Gasteiger partial charge in [0.2, 0.25) is 0 Å². The Morgan fingerprint density at radius 3 is 2.12 bits per heavy atom. The molecule has 1 aromatic heterocycles. The van der Waals surface area contributed by atoms with Gasteiger partial charge < -0.3 is 10.4 Å². The normalized spacial score (nSPS) is 10.7. The summed E-state index contributed by atoms with van der Waals surface area (Å²) in [6.45, 7) is 2.26. The van der Waals surface area contributed by atoms with E-state index < -0.39 is 0 Å². The first kappa shape index (κ1) is 18.2. The van der Waals surface area contributed by atoms with Crippen molar-refractivity contribution >= 4 is 11.5 Å². The maximum atomic E-state index is 9.63. The predicted octanol–water partition coefficient (Wildman–Crippen LogP) is 5.61. The van der Waals surface area contributed by atoms with Crippen molar-refractivity contribution in [2.24, 2.45) is 0 Å². The zero-order valence-electron chi connectivity index (χ0n) is 14.7. The van der Waals surface area contributed by atoms with Gasteiger partial charge in [-0.05, 0) is 30.5 Å². The van der Waals surface area contributed by atoms with Crippen molar-refractivity contribution in [3.05, 3.63) is 42.2 Å². The molecule has 0 saturated carbocycles. The summed E-state index contributed by atoms with van der Waals surface area (Å²) in [5.74, 6) is 0.300. The average molecular weight is 327 g/mol. The SMILES string of the molecule is CCCCCCCCCCc1ccc(Nc2nccnc2O)cc1. The fraction of sp³-hybridized carbons (Fsp3) is 0.500. The van der Waals surface area contributed by atoms with Gasteiger partial charge in [0, 0.05) is 18.1 Å². The lowest BCUT2D eigenvalue weighted by molar-refractivity contribution is 0.453. The van der Waals surface area contributed by atoms with Crippen LogP contribution >= 0.6 is 0 Å². The Bertz CT molecular complexity index is 584. The molecule has 0 unspecified atom stereocenters. The summed E-state index contributed by atoms with van der Waals surface area (Å²) in [7, 11) is 0. The van der Waals surface area contributed by atoms with Crippen LogP contribution in [0.2, 0.25) is 0 Å². The van der Waals surface area contributed by atoms with Crippen LogP contribution in [0, 0.1) is 0 Å². The minimum atomic E-state index is -0.0829. The number of nitrogens with one attached hydrogen (secondary N) is 1. The van der Waals surface area contributed by atoms with E-state index in [0.717, 1.165) is 12.1 Å². The van der Waals surface area contributed by atoms with Crippen LogP contribution in [0.5, 0.6) is 5.88 Å². The van der Waals surface area contributed by atoms with Gasteiger partial charge in [-0.25, -0.2) is 9.97 Å². The van der Waals surface area contributed by atoms with E-state index in [1.807, 2.05) is 12.1 Å². The van der Waals surface area contributed by atoms with Gasteiger partial charge in [0.05, 0.1) is 0 Å². The van der Waals surface area contributed by atoms with Crippen molar-refractivity contribution in [2.75, 3.05) is 5.32 Å². The summed E-state index contributed by atoms with van der Waals surface area (Å²) in [6.07, 6.45) is 15.0. The highest BCUT2D eigenvalue weighted by atomic mass is 16.3. The number of aryl methyl sites for hydroxylation is 1. The average Bonchev–Trinajstić information content (AvgIpc) is 2.61. The fourth-order valence-electron chi connectivity index (χ4n) is 2.77. The van der Waals surface area contributed by atoms with Gasteiger partial charge in [-0.2, -0.15) is 0 Å². The molecule has 0 aliphatic rings. The van der Waals surface area contributed by atoms with Gasteiger partial charge in [-0.15, -0.1) is 0 Å². The summed E-state index contributed by atoms with van der Waals surface area (Å²) in [4.78, 5) is 7.87. The van der Waals surface area contributed by atoms with Crippen molar-refractivity contribution in [3.8, 4) is 5.88 Å². The van der Waals surface area contributed by atoms with Crippen LogP contribution in [-0.4, -0.2) is 15.1 Å². The van der Waals surface area contributed by atoms with Crippen LogP contribution in [0.4, 0.5) is 11.5 Å². The molecule has 4 nitrogen and oxygen atoms in total. The zero-order chi connectivity index (χ0) is 17.0. The third kappa shape index (κ3) is 6.57. The molecule has 0 fully saturated rings. The number of rotatable bonds is 11. The first-order chi connectivity index (χ1) is 11.8. The van der Waals surface area contributed by atoms with Crippen molar-refractivity contribution in [2.45, 2.75) is 64.7 Å². The molecule has 2 N–H and O–H groups in total. The quantitative estimate of drug-likeness (QED) is 0.527. The lowest BCUT2D eigenvalue weighted by Crippen LogP contribution is -1.95. The van der Waals surface area contributed by atoms with E-state index in [1.165, 1.54) is 63.1 Å². The summed E-state index contributed by atoms with van der Waals surface area (Å²) >= 11 is 0. The van der Waals surface area contributed by atoms with Gasteiger partial charge in [-0.3, -0.25) is 0 Å². The highest BCUT2D eigenvalue weighted by Crippen LogP contribution is 2.21. The summed E-state index contributed by atoms with van der Waals surface area (Å²) in [6, 6.07) is 8.32. The van der Waals surface area contributed by atoms with E-state index in [9.17, 15) is 5.11 Å². The molecule has 24 heavy (non-hydrogen) atoms. The molecular formula is C20H29N3O. The molecule has 0 radical (unpaired) electrons. The van der Waals surface area contributed by atoms with Gasteiger partial charge in [0.15, 0.2) is 5.82 Å². The second-order valence-corrected chi connectivity index (χ2v) is 6.28. The Morgan fingerprint density at radius 1 is 0.833 bits per heavy atom. The first-order valence-corrected chi connectivity index (χ1v) is 9.15. The minimum Gasteiger partial charge on any atom is -0.491 e. The molecule has 0 saturated heterocycles. The molecule has 0 amide bonds.